The highest BCUT2D eigenvalue weighted by Crippen LogP contribution is 2.33. The predicted molar refractivity (Wildman–Crippen MR) is 118 cm³/mol. The Morgan fingerprint density at radius 1 is 1.23 bits per heavy atom. The van der Waals surface area contributed by atoms with E-state index in [-0.39, 0.29) is 29.7 Å². The fourth-order valence-electron chi connectivity index (χ4n) is 4.50. The number of thiophene rings is 1. The fraction of sp³-hybridized carbons (Fsp3) is 0.636. The van der Waals surface area contributed by atoms with Crippen LogP contribution in [0.25, 0.3) is 10.2 Å². The molecule has 0 radical (unpaired) electrons. The minimum atomic E-state index is -0.0153. The number of amides is 2. The SMILES string of the molecule is CCCNC(=O)C1CCN(C(=O)CCn2cnc3sc4c(c3c2=O)CCCC4)CC1. The molecular formula is C22H30N4O3S. The first-order valence-corrected chi connectivity index (χ1v) is 11.9. The number of aromatic nitrogens is 2. The molecule has 0 spiro atoms. The van der Waals surface area contributed by atoms with Crippen molar-refractivity contribution in [1.82, 2.24) is 19.8 Å². The third-order valence-electron chi connectivity index (χ3n) is 6.28. The monoisotopic (exact) mass is 430 g/mol. The lowest BCUT2D eigenvalue weighted by molar-refractivity contribution is -0.135. The molecule has 4 rings (SSSR count). The third kappa shape index (κ3) is 4.29. The number of hydrogen-bond acceptors (Lipinski definition) is 5. The lowest BCUT2D eigenvalue weighted by atomic mass is 9.95. The third-order valence-corrected chi connectivity index (χ3v) is 7.48. The summed E-state index contributed by atoms with van der Waals surface area (Å²) in [6, 6.07) is 0. The van der Waals surface area contributed by atoms with Crippen molar-refractivity contribution in [3.05, 3.63) is 27.1 Å². The molecule has 1 aliphatic heterocycles. The summed E-state index contributed by atoms with van der Waals surface area (Å²) < 4.78 is 1.59. The molecule has 0 bridgehead atoms. The Labute approximate surface area is 180 Å². The maximum Gasteiger partial charge on any atom is 0.262 e. The van der Waals surface area contributed by atoms with Gasteiger partial charge >= 0.3 is 0 Å². The van der Waals surface area contributed by atoms with Crippen molar-refractivity contribution in [1.29, 1.82) is 0 Å². The molecule has 3 heterocycles. The topological polar surface area (TPSA) is 84.3 Å². The van der Waals surface area contributed by atoms with E-state index < -0.39 is 0 Å². The number of rotatable bonds is 6. The first-order valence-electron chi connectivity index (χ1n) is 11.1. The van der Waals surface area contributed by atoms with Crippen LogP contribution in [-0.4, -0.2) is 45.9 Å². The van der Waals surface area contributed by atoms with Crippen LogP contribution in [-0.2, 0) is 29.0 Å². The van der Waals surface area contributed by atoms with Crippen LogP contribution in [0.2, 0.25) is 0 Å². The molecule has 2 aromatic rings. The molecule has 1 aliphatic carbocycles. The number of piperidine rings is 1. The summed E-state index contributed by atoms with van der Waals surface area (Å²) in [6.07, 6.45) is 8.51. The Bertz CT molecular complexity index is 988. The maximum absolute atomic E-state index is 13.0. The van der Waals surface area contributed by atoms with Crippen LogP contribution in [0.15, 0.2) is 11.1 Å². The van der Waals surface area contributed by atoms with Gasteiger partial charge in [-0.15, -0.1) is 11.3 Å². The highest BCUT2D eigenvalue weighted by atomic mass is 32.1. The fourth-order valence-corrected chi connectivity index (χ4v) is 5.72. The Balaban J connectivity index is 1.35. The van der Waals surface area contributed by atoms with E-state index in [1.807, 2.05) is 11.8 Å². The van der Waals surface area contributed by atoms with Gasteiger partial charge in [0.05, 0.1) is 11.7 Å². The van der Waals surface area contributed by atoms with Gasteiger partial charge in [-0.3, -0.25) is 19.0 Å². The summed E-state index contributed by atoms with van der Waals surface area (Å²) in [5.41, 5.74) is 1.17. The first kappa shape index (κ1) is 21.0. The van der Waals surface area contributed by atoms with Crippen LogP contribution >= 0.6 is 11.3 Å². The standard InChI is InChI=1S/C22H30N4O3S/c1-2-10-23-20(28)15-7-11-25(12-8-15)18(27)9-13-26-14-24-21-19(22(26)29)16-5-3-4-6-17(16)30-21/h14-15H,2-13H2,1H3,(H,23,28). The van der Waals surface area contributed by atoms with Gasteiger partial charge in [-0.2, -0.15) is 0 Å². The van der Waals surface area contributed by atoms with E-state index in [9.17, 15) is 14.4 Å². The van der Waals surface area contributed by atoms with E-state index in [1.54, 1.807) is 22.2 Å². The van der Waals surface area contributed by atoms with Gasteiger partial charge in [0.1, 0.15) is 4.83 Å². The minimum absolute atomic E-state index is 0.000376. The number of carbonyl (C=O) groups excluding carboxylic acids is 2. The summed E-state index contributed by atoms with van der Waals surface area (Å²) in [7, 11) is 0. The van der Waals surface area contributed by atoms with E-state index in [2.05, 4.69) is 10.3 Å². The zero-order chi connectivity index (χ0) is 21.1. The molecule has 1 N–H and O–H groups in total. The van der Waals surface area contributed by atoms with Crippen LogP contribution in [0.4, 0.5) is 0 Å². The van der Waals surface area contributed by atoms with E-state index in [0.717, 1.165) is 35.9 Å². The number of aryl methyl sites for hydroxylation is 3. The molecule has 0 unspecified atom stereocenters. The summed E-state index contributed by atoms with van der Waals surface area (Å²) in [5.74, 6) is 0.148. The normalized spacial score (nSPS) is 17.2. The van der Waals surface area contributed by atoms with Crippen molar-refractivity contribution in [2.45, 2.75) is 64.8 Å². The van der Waals surface area contributed by atoms with Crippen LogP contribution in [0.3, 0.4) is 0 Å². The number of likely N-dealkylation sites (tertiary alicyclic amines) is 1. The summed E-state index contributed by atoms with van der Waals surface area (Å²) in [4.78, 5) is 46.3. The summed E-state index contributed by atoms with van der Waals surface area (Å²) >= 11 is 1.64. The molecular weight excluding hydrogens is 400 g/mol. The number of fused-ring (bicyclic) bond motifs is 3. The molecule has 0 saturated carbocycles. The Morgan fingerprint density at radius 3 is 2.77 bits per heavy atom. The second-order valence-electron chi connectivity index (χ2n) is 8.33. The van der Waals surface area contributed by atoms with Gasteiger partial charge in [0.15, 0.2) is 0 Å². The Morgan fingerprint density at radius 2 is 2.00 bits per heavy atom. The Hall–Kier alpha value is -2.22. The number of carbonyl (C=O) groups is 2. The first-order chi connectivity index (χ1) is 14.6. The van der Waals surface area contributed by atoms with E-state index in [0.29, 0.717) is 39.0 Å². The molecule has 2 amide bonds. The van der Waals surface area contributed by atoms with Crippen molar-refractivity contribution in [3.63, 3.8) is 0 Å². The molecule has 2 aliphatic rings. The molecule has 1 saturated heterocycles. The van der Waals surface area contributed by atoms with Crippen LogP contribution in [0, 0.1) is 5.92 Å². The molecule has 2 aromatic heterocycles. The number of nitrogens with one attached hydrogen (secondary N) is 1. The summed E-state index contributed by atoms with van der Waals surface area (Å²) in [5, 5.41) is 3.71. The largest absolute Gasteiger partial charge is 0.356 e. The molecule has 8 heteroatoms. The van der Waals surface area contributed by atoms with E-state index in [4.69, 9.17) is 0 Å². The highest BCUT2D eigenvalue weighted by Gasteiger charge is 2.27. The predicted octanol–water partition coefficient (Wildman–Crippen LogP) is 2.49. The van der Waals surface area contributed by atoms with Gasteiger partial charge in [0, 0.05) is 43.4 Å². The molecule has 1 fully saturated rings. The van der Waals surface area contributed by atoms with Crippen molar-refractivity contribution in [2.75, 3.05) is 19.6 Å². The number of nitrogens with zero attached hydrogens (tertiary/aromatic N) is 3. The van der Waals surface area contributed by atoms with E-state index in [1.165, 1.54) is 16.9 Å². The lowest BCUT2D eigenvalue weighted by Gasteiger charge is -2.31. The zero-order valence-corrected chi connectivity index (χ0v) is 18.4. The lowest BCUT2D eigenvalue weighted by Crippen LogP contribution is -2.43. The quantitative estimate of drug-likeness (QED) is 0.763. The zero-order valence-electron chi connectivity index (χ0n) is 17.6. The van der Waals surface area contributed by atoms with E-state index >= 15 is 0 Å². The average Bonchev–Trinajstić information content (AvgIpc) is 3.16. The molecule has 7 nitrogen and oxygen atoms in total. The molecule has 0 atom stereocenters. The van der Waals surface area contributed by atoms with Gasteiger partial charge < -0.3 is 10.2 Å². The van der Waals surface area contributed by atoms with Gasteiger partial charge in [0.25, 0.3) is 5.56 Å². The van der Waals surface area contributed by atoms with Gasteiger partial charge in [-0.25, -0.2) is 4.98 Å². The van der Waals surface area contributed by atoms with Gasteiger partial charge in [-0.05, 0) is 50.5 Å². The van der Waals surface area contributed by atoms with Gasteiger partial charge in [0.2, 0.25) is 11.8 Å². The second kappa shape index (κ2) is 9.29. The molecule has 162 valence electrons. The maximum atomic E-state index is 13.0. The molecule has 30 heavy (non-hydrogen) atoms. The molecule has 0 aromatic carbocycles. The van der Waals surface area contributed by atoms with Gasteiger partial charge in [-0.1, -0.05) is 6.92 Å². The minimum Gasteiger partial charge on any atom is -0.356 e. The van der Waals surface area contributed by atoms with Crippen molar-refractivity contribution in [3.8, 4) is 0 Å². The average molecular weight is 431 g/mol. The second-order valence-corrected chi connectivity index (χ2v) is 9.41. The smallest absolute Gasteiger partial charge is 0.262 e. The van der Waals surface area contributed by atoms with Crippen molar-refractivity contribution >= 4 is 33.4 Å². The Kier molecular flexibility index (Phi) is 6.51. The van der Waals surface area contributed by atoms with Crippen LogP contribution in [0.5, 0.6) is 0 Å². The van der Waals surface area contributed by atoms with Crippen LogP contribution in [0.1, 0.15) is 55.9 Å². The number of hydrogen-bond donors (Lipinski definition) is 1. The van der Waals surface area contributed by atoms with Crippen molar-refractivity contribution < 1.29 is 9.59 Å². The van der Waals surface area contributed by atoms with Crippen molar-refractivity contribution in [2.24, 2.45) is 5.92 Å². The highest BCUT2D eigenvalue weighted by molar-refractivity contribution is 7.18. The van der Waals surface area contributed by atoms with Crippen LogP contribution < -0.4 is 10.9 Å². The summed E-state index contributed by atoms with van der Waals surface area (Å²) in [6.45, 7) is 4.30.